The molecule has 0 radical (unpaired) electrons. The number of nitrogens with one attached hydrogen (secondary N) is 1. The Hall–Kier alpha value is -2.49. The van der Waals surface area contributed by atoms with Crippen molar-refractivity contribution in [3.63, 3.8) is 0 Å². The largest absolute Gasteiger partial charge is 0.490 e. The third-order valence-electron chi connectivity index (χ3n) is 3.82. The fourth-order valence-electron chi connectivity index (χ4n) is 2.34. The number of nitrogens with zero attached hydrogens (tertiary/aromatic N) is 4. The molecule has 3 N–H and O–H groups in total. The molecule has 0 saturated heterocycles. The zero-order chi connectivity index (χ0) is 19.9. The minimum atomic E-state index is 0. The Morgan fingerprint density at radius 1 is 1.10 bits per heavy atom. The maximum absolute atomic E-state index is 5.92. The van der Waals surface area contributed by atoms with E-state index < -0.39 is 0 Å². The van der Waals surface area contributed by atoms with E-state index in [0.717, 1.165) is 15.6 Å². The van der Waals surface area contributed by atoms with Gasteiger partial charge in [-0.25, -0.2) is 10.1 Å². The topological polar surface area (TPSA) is 99.6 Å². The minimum absolute atomic E-state index is 0. The number of anilines is 1. The summed E-state index contributed by atoms with van der Waals surface area (Å²) in [5.74, 6) is 8.04. The van der Waals surface area contributed by atoms with Gasteiger partial charge >= 0.3 is 0 Å². The second kappa shape index (κ2) is 12.3. The zero-order valence-corrected chi connectivity index (χ0v) is 19.6. The van der Waals surface area contributed by atoms with Gasteiger partial charge in [0.2, 0.25) is 0 Å². The van der Waals surface area contributed by atoms with Crippen LogP contribution >= 0.6 is 40.7 Å². The van der Waals surface area contributed by atoms with E-state index in [4.69, 9.17) is 15.3 Å². The van der Waals surface area contributed by atoms with Crippen molar-refractivity contribution in [1.82, 2.24) is 14.9 Å². The predicted molar refractivity (Wildman–Crippen MR) is 127 cm³/mol. The van der Waals surface area contributed by atoms with Crippen LogP contribution in [0.3, 0.4) is 0 Å². The van der Waals surface area contributed by atoms with Crippen molar-refractivity contribution in [2.75, 3.05) is 17.9 Å². The molecule has 0 saturated carbocycles. The van der Waals surface area contributed by atoms with Crippen molar-refractivity contribution in [3.05, 3.63) is 63.9 Å². The Labute approximate surface area is 195 Å². The molecule has 0 aliphatic heterocycles. The SMILES string of the molecule is CCOc1cc(/C=N/Nc2nnc(C)n2N)ccc1OCc1ccc(Br)cc1.Cl.Cl. The van der Waals surface area contributed by atoms with Gasteiger partial charge in [0, 0.05) is 4.47 Å². The summed E-state index contributed by atoms with van der Waals surface area (Å²) in [6.45, 7) is 4.66. The second-order valence-corrected chi connectivity index (χ2v) is 6.78. The molecule has 0 spiro atoms. The third-order valence-corrected chi connectivity index (χ3v) is 4.35. The molecule has 11 heteroatoms. The molecule has 0 bridgehead atoms. The number of aryl methyl sites for hydroxylation is 1. The van der Waals surface area contributed by atoms with E-state index in [9.17, 15) is 0 Å². The van der Waals surface area contributed by atoms with Crippen LogP contribution in [0.5, 0.6) is 11.5 Å². The summed E-state index contributed by atoms with van der Waals surface area (Å²) in [5, 5.41) is 11.9. The van der Waals surface area contributed by atoms with Gasteiger partial charge in [0.1, 0.15) is 6.61 Å². The highest BCUT2D eigenvalue weighted by atomic mass is 79.9. The molecular weight excluding hydrogens is 495 g/mol. The summed E-state index contributed by atoms with van der Waals surface area (Å²) in [5.41, 5.74) is 4.67. The van der Waals surface area contributed by atoms with Crippen LogP contribution < -0.4 is 20.7 Å². The van der Waals surface area contributed by atoms with Gasteiger partial charge in [-0.1, -0.05) is 28.1 Å². The van der Waals surface area contributed by atoms with Crippen LogP contribution in [-0.4, -0.2) is 27.7 Å². The van der Waals surface area contributed by atoms with E-state index in [1.807, 2.05) is 49.4 Å². The molecule has 3 rings (SSSR count). The highest BCUT2D eigenvalue weighted by Gasteiger charge is 2.07. The molecule has 1 heterocycles. The Morgan fingerprint density at radius 3 is 2.47 bits per heavy atom. The summed E-state index contributed by atoms with van der Waals surface area (Å²) in [7, 11) is 0. The molecule has 8 nitrogen and oxygen atoms in total. The van der Waals surface area contributed by atoms with Gasteiger partial charge in [-0.05, 0) is 55.3 Å². The molecule has 0 atom stereocenters. The van der Waals surface area contributed by atoms with Crippen LogP contribution in [0.15, 0.2) is 52.0 Å². The number of ether oxygens (including phenoxy) is 2. The van der Waals surface area contributed by atoms with Crippen LogP contribution in [0.1, 0.15) is 23.9 Å². The van der Waals surface area contributed by atoms with Gasteiger partial charge in [-0.2, -0.15) is 5.10 Å². The van der Waals surface area contributed by atoms with Gasteiger partial charge < -0.3 is 15.3 Å². The smallest absolute Gasteiger partial charge is 0.263 e. The molecule has 162 valence electrons. The first-order chi connectivity index (χ1) is 13.6. The van der Waals surface area contributed by atoms with Gasteiger partial charge in [0.25, 0.3) is 5.95 Å². The Kier molecular flexibility index (Phi) is 10.4. The highest BCUT2D eigenvalue weighted by molar-refractivity contribution is 9.10. The number of rotatable bonds is 8. The van der Waals surface area contributed by atoms with E-state index in [2.05, 4.69) is 36.7 Å². The quantitative estimate of drug-likeness (QED) is 0.262. The molecule has 0 amide bonds. The summed E-state index contributed by atoms with van der Waals surface area (Å²) >= 11 is 3.43. The van der Waals surface area contributed by atoms with Crippen molar-refractivity contribution >= 4 is 52.9 Å². The highest BCUT2D eigenvalue weighted by Crippen LogP contribution is 2.29. The van der Waals surface area contributed by atoms with Crippen LogP contribution in [0, 0.1) is 6.92 Å². The van der Waals surface area contributed by atoms with Crippen molar-refractivity contribution in [2.45, 2.75) is 20.5 Å². The molecule has 0 fully saturated rings. The van der Waals surface area contributed by atoms with E-state index in [1.165, 1.54) is 4.68 Å². The lowest BCUT2D eigenvalue weighted by Crippen LogP contribution is -2.13. The first kappa shape index (κ1) is 25.5. The van der Waals surface area contributed by atoms with E-state index >= 15 is 0 Å². The average molecular weight is 518 g/mol. The number of halogens is 3. The number of hydrogen-bond acceptors (Lipinski definition) is 7. The van der Waals surface area contributed by atoms with Crippen molar-refractivity contribution in [1.29, 1.82) is 0 Å². The molecule has 3 aromatic rings. The summed E-state index contributed by atoms with van der Waals surface area (Å²) in [4.78, 5) is 0. The number of aromatic nitrogens is 3. The number of benzene rings is 2. The minimum Gasteiger partial charge on any atom is -0.490 e. The summed E-state index contributed by atoms with van der Waals surface area (Å²) < 4.78 is 14.0. The predicted octanol–water partition coefficient (Wildman–Crippen LogP) is 4.33. The molecule has 0 aliphatic rings. The lowest BCUT2D eigenvalue weighted by atomic mass is 10.2. The lowest BCUT2D eigenvalue weighted by molar-refractivity contribution is 0.269. The number of nitrogen functional groups attached to an aromatic ring is 1. The van der Waals surface area contributed by atoms with Gasteiger partial charge in [-0.15, -0.1) is 35.0 Å². The molecule has 0 unspecified atom stereocenters. The fraction of sp³-hybridized carbons (Fsp3) is 0.211. The van der Waals surface area contributed by atoms with Gasteiger partial charge in [-0.3, -0.25) is 0 Å². The first-order valence-corrected chi connectivity index (χ1v) is 9.46. The summed E-state index contributed by atoms with van der Waals surface area (Å²) in [6, 6.07) is 13.6. The molecule has 30 heavy (non-hydrogen) atoms. The molecule has 2 aromatic carbocycles. The molecule has 0 aliphatic carbocycles. The number of hydrazone groups is 1. The van der Waals surface area contributed by atoms with Crippen molar-refractivity contribution in [3.8, 4) is 11.5 Å². The van der Waals surface area contributed by atoms with Crippen LogP contribution in [-0.2, 0) is 6.61 Å². The third kappa shape index (κ3) is 6.79. The standard InChI is InChI=1S/C19H21BrN6O2.2ClH/c1-3-27-18-10-15(11-22-24-19-25-23-13(2)26(19)21)6-9-17(18)28-12-14-4-7-16(20)8-5-14;;/h4-11H,3,12,21H2,1-2H3,(H,24,25);2*1H/b22-11+;;. The molecule has 1 aromatic heterocycles. The normalized spacial score (nSPS) is 10.2. The van der Waals surface area contributed by atoms with Crippen LogP contribution in [0.4, 0.5) is 5.95 Å². The average Bonchev–Trinajstić information content (AvgIpc) is 3.01. The Bertz CT molecular complexity index is 966. The maximum atomic E-state index is 5.92. The second-order valence-electron chi connectivity index (χ2n) is 5.87. The maximum Gasteiger partial charge on any atom is 0.263 e. The lowest BCUT2D eigenvalue weighted by Gasteiger charge is -2.12. The van der Waals surface area contributed by atoms with Crippen LogP contribution in [0.25, 0.3) is 0 Å². The van der Waals surface area contributed by atoms with Gasteiger partial charge in [0.15, 0.2) is 17.3 Å². The Morgan fingerprint density at radius 2 is 1.83 bits per heavy atom. The van der Waals surface area contributed by atoms with Gasteiger partial charge in [0.05, 0.1) is 12.8 Å². The van der Waals surface area contributed by atoms with Crippen LogP contribution in [0.2, 0.25) is 0 Å². The van der Waals surface area contributed by atoms with E-state index in [-0.39, 0.29) is 24.8 Å². The van der Waals surface area contributed by atoms with E-state index in [1.54, 1.807) is 13.1 Å². The van der Waals surface area contributed by atoms with Crippen molar-refractivity contribution in [2.24, 2.45) is 5.10 Å². The first-order valence-electron chi connectivity index (χ1n) is 8.67. The number of nitrogens with two attached hydrogens (primary N) is 1. The number of hydrogen-bond donors (Lipinski definition) is 2. The monoisotopic (exact) mass is 516 g/mol. The zero-order valence-electron chi connectivity index (χ0n) is 16.4. The van der Waals surface area contributed by atoms with Crippen molar-refractivity contribution < 1.29 is 9.47 Å². The molecular formula is C19H23BrCl2N6O2. The Balaban J connectivity index is 0.00000225. The fourth-order valence-corrected chi connectivity index (χ4v) is 2.61. The summed E-state index contributed by atoms with van der Waals surface area (Å²) in [6.07, 6.45) is 1.64. The van der Waals surface area contributed by atoms with E-state index in [0.29, 0.717) is 36.5 Å².